The van der Waals surface area contributed by atoms with Crippen molar-refractivity contribution in [2.45, 2.75) is 27.2 Å². The number of likely N-dealkylation sites (N-methyl/N-ethyl adjacent to an activating group) is 1. The van der Waals surface area contributed by atoms with Crippen LogP contribution in [0.4, 0.5) is 11.6 Å². The van der Waals surface area contributed by atoms with Crippen LogP contribution >= 0.6 is 0 Å². The van der Waals surface area contributed by atoms with Crippen molar-refractivity contribution in [2.24, 2.45) is 0 Å². The van der Waals surface area contributed by atoms with Crippen molar-refractivity contribution in [3.05, 3.63) is 18.6 Å². The van der Waals surface area contributed by atoms with Gasteiger partial charge in [0.05, 0.1) is 12.8 Å². The number of nitrogens with zero attached hydrogens (tertiary/aromatic N) is 4. The van der Waals surface area contributed by atoms with Crippen LogP contribution in [0.2, 0.25) is 0 Å². The zero-order chi connectivity index (χ0) is 15.1. The first-order valence-corrected chi connectivity index (χ1v) is 7.70. The molecule has 0 aromatic carbocycles. The van der Waals surface area contributed by atoms with Crippen molar-refractivity contribution in [3.8, 4) is 0 Å². The second kappa shape index (κ2) is 7.83. The van der Waals surface area contributed by atoms with Crippen LogP contribution in [0.25, 0.3) is 5.65 Å². The number of aromatic nitrogens is 3. The van der Waals surface area contributed by atoms with Gasteiger partial charge in [0.15, 0.2) is 11.5 Å². The summed E-state index contributed by atoms with van der Waals surface area (Å²) in [6.45, 7) is 10.3. The van der Waals surface area contributed by atoms with Crippen LogP contribution in [-0.4, -0.2) is 47.2 Å². The Kier molecular flexibility index (Phi) is 5.80. The maximum atomic E-state index is 5.46. The van der Waals surface area contributed by atoms with Crippen LogP contribution in [0.5, 0.6) is 0 Å². The SMILES string of the molecule is CCCNc1cn2ccnc2c(N(CC)CCOCC)n1. The van der Waals surface area contributed by atoms with E-state index in [2.05, 4.69) is 29.0 Å². The Labute approximate surface area is 126 Å². The van der Waals surface area contributed by atoms with E-state index >= 15 is 0 Å². The lowest BCUT2D eigenvalue weighted by molar-refractivity contribution is 0.154. The summed E-state index contributed by atoms with van der Waals surface area (Å²) in [4.78, 5) is 11.4. The molecule has 2 heterocycles. The number of hydrogen-bond acceptors (Lipinski definition) is 5. The van der Waals surface area contributed by atoms with Gasteiger partial charge in [-0.1, -0.05) is 6.92 Å². The molecule has 0 aliphatic carbocycles. The van der Waals surface area contributed by atoms with Gasteiger partial charge in [0.1, 0.15) is 5.82 Å². The summed E-state index contributed by atoms with van der Waals surface area (Å²) in [5, 5.41) is 3.35. The van der Waals surface area contributed by atoms with Gasteiger partial charge in [-0.05, 0) is 20.3 Å². The van der Waals surface area contributed by atoms with Gasteiger partial charge in [-0.15, -0.1) is 0 Å². The van der Waals surface area contributed by atoms with Crippen LogP contribution in [0.15, 0.2) is 18.6 Å². The second-order valence-corrected chi connectivity index (χ2v) is 4.81. The fourth-order valence-corrected chi connectivity index (χ4v) is 2.20. The van der Waals surface area contributed by atoms with Crippen molar-refractivity contribution >= 4 is 17.3 Å². The quantitative estimate of drug-likeness (QED) is 0.719. The van der Waals surface area contributed by atoms with E-state index in [4.69, 9.17) is 9.72 Å². The second-order valence-electron chi connectivity index (χ2n) is 4.81. The molecule has 2 aromatic heterocycles. The number of hydrogen-bond donors (Lipinski definition) is 1. The lowest BCUT2D eigenvalue weighted by Crippen LogP contribution is -2.29. The van der Waals surface area contributed by atoms with Gasteiger partial charge in [0.25, 0.3) is 0 Å². The summed E-state index contributed by atoms with van der Waals surface area (Å²) in [5.41, 5.74) is 0.885. The highest BCUT2D eigenvalue weighted by molar-refractivity contribution is 5.66. The molecular formula is C15H25N5O. The highest BCUT2D eigenvalue weighted by Crippen LogP contribution is 2.20. The molecule has 0 spiro atoms. The van der Waals surface area contributed by atoms with Crippen LogP contribution in [0.1, 0.15) is 27.2 Å². The lowest BCUT2D eigenvalue weighted by Gasteiger charge is -2.23. The molecule has 21 heavy (non-hydrogen) atoms. The smallest absolute Gasteiger partial charge is 0.180 e. The molecule has 0 saturated heterocycles. The van der Waals surface area contributed by atoms with Crippen molar-refractivity contribution in [3.63, 3.8) is 0 Å². The third-order valence-electron chi connectivity index (χ3n) is 3.30. The van der Waals surface area contributed by atoms with Crippen LogP contribution in [0.3, 0.4) is 0 Å². The number of ether oxygens (including phenoxy) is 1. The Morgan fingerprint density at radius 3 is 2.90 bits per heavy atom. The first kappa shape index (κ1) is 15.6. The van der Waals surface area contributed by atoms with Crippen molar-refractivity contribution in [2.75, 3.05) is 43.1 Å². The fourth-order valence-electron chi connectivity index (χ4n) is 2.20. The first-order chi connectivity index (χ1) is 10.3. The summed E-state index contributed by atoms with van der Waals surface area (Å²) in [6, 6.07) is 0. The number of anilines is 2. The minimum absolute atomic E-state index is 0.700. The lowest BCUT2D eigenvalue weighted by atomic mass is 10.4. The molecule has 0 bridgehead atoms. The maximum absolute atomic E-state index is 5.46. The molecular weight excluding hydrogens is 266 g/mol. The zero-order valence-electron chi connectivity index (χ0n) is 13.2. The average molecular weight is 291 g/mol. The summed E-state index contributed by atoms with van der Waals surface area (Å²) in [6.07, 6.45) is 6.81. The molecule has 2 aromatic rings. The molecule has 6 heteroatoms. The van der Waals surface area contributed by atoms with Gasteiger partial charge in [0.2, 0.25) is 0 Å². The molecule has 2 rings (SSSR count). The number of imidazole rings is 1. The largest absolute Gasteiger partial charge is 0.380 e. The Balaban J connectivity index is 2.27. The monoisotopic (exact) mass is 291 g/mol. The predicted octanol–water partition coefficient (Wildman–Crippen LogP) is 2.41. The molecule has 0 unspecified atom stereocenters. The molecule has 1 N–H and O–H groups in total. The molecule has 0 aliphatic heterocycles. The topological polar surface area (TPSA) is 54.7 Å². The van der Waals surface area contributed by atoms with Crippen molar-refractivity contribution in [1.29, 1.82) is 0 Å². The number of fused-ring (bicyclic) bond motifs is 1. The molecule has 0 atom stereocenters. The molecule has 0 radical (unpaired) electrons. The van der Waals surface area contributed by atoms with Crippen molar-refractivity contribution in [1.82, 2.24) is 14.4 Å². The highest BCUT2D eigenvalue weighted by Gasteiger charge is 2.13. The molecule has 116 valence electrons. The summed E-state index contributed by atoms with van der Waals surface area (Å²) in [7, 11) is 0. The average Bonchev–Trinajstić information content (AvgIpc) is 2.97. The normalized spacial score (nSPS) is 11.0. The van der Waals surface area contributed by atoms with Crippen LogP contribution in [-0.2, 0) is 4.74 Å². The maximum Gasteiger partial charge on any atom is 0.180 e. The van der Waals surface area contributed by atoms with Gasteiger partial charge in [-0.2, -0.15) is 0 Å². The van der Waals surface area contributed by atoms with Gasteiger partial charge in [0, 0.05) is 38.6 Å². The van der Waals surface area contributed by atoms with Crippen molar-refractivity contribution < 1.29 is 4.74 Å². The third kappa shape index (κ3) is 3.85. The Bertz CT molecular complexity index is 554. The van der Waals surface area contributed by atoms with E-state index in [0.29, 0.717) is 6.61 Å². The minimum atomic E-state index is 0.700. The Morgan fingerprint density at radius 2 is 2.19 bits per heavy atom. The van der Waals surface area contributed by atoms with E-state index in [0.717, 1.165) is 49.9 Å². The van der Waals surface area contributed by atoms with E-state index in [1.807, 2.05) is 23.7 Å². The number of nitrogens with one attached hydrogen (secondary N) is 1. The zero-order valence-corrected chi connectivity index (χ0v) is 13.2. The van der Waals surface area contributed by atoms with E-state index in [1.54, 1.807) is 6.20 Å². The van der Waals surface area contributed by atoms with E-state index in [-0.39, 0.29) is 0 Å². The highest BCUT2D eigenvalue weighted by atomic mass is 16.5. The Morgan fingerprint density at radius 1 is 1.33 bits per heavy atom. The van der Waals surface area contributed by atoms with E-state index in [9.17, 15) is 0 Å². The summed E-state index contributed by atoms with van der Waals surface area (Å²) < 4.78 is 7.48. The minimum Gasteiger partial charge on any atom is -0.380 e. The molecule has 0 fully saturated rings. The molecule has 6 nitrogen and oxygen atoms in total. The summed E-state index contributed by atoms with van der Waals surface area (Å²) >= 11 is 0. The van der Waals surface area contributed by atoms with E-state index < -0.39 is 0 Å². The summed E-state index contributed by atoms with van der Waals surface area (Å²) in [5.74, 6) is 1.79. The molecule has 0 saturated carbocycles. The molecule has 0 amide bonds. The standard InChI is InChI=1S/C15H25N5O/c1-4-7-16-13-12-20-9-8-17-14(20)15(18-13)19(5-2)10-11-21-6-3/h8-9,12,16H,4-7,10-11H2,1-3H3. The van der Waals surface area contributed by atoms with Gasteiger partial charge in [-0.25, -0.2) is 9.97 Å². The molecule has 0 aliphatic rings. The third-order valence-corrected chi connectivity index (χ3v) is 3.30. The fraction of sp³-hybridized carbons (Fsp3) is 0.600. The van der Waals surface area contributed by atoms with Crippen LogP contribution in [0, 0.1) is 0 Å². The first-order valence-electron chi connectivity index (χ1n) is 7.70. The number of rotatable bonds is 9. The van der Waals surface area contributed by atoms with Crippen LogP contribution < -0.4 is 10.2 Å². The van der Waals surface area contributed by atoms with Gasteiger partial charge >= 0.3 is 0 Å². The Hall–Kier alpha value is -1.82. The van der Waals surface area contributed by atoms with E-state index in [1.165, 1.54) is 0 Å². The van der Waals surface area contributed by atoms with Gasteiger partial charge < -0.3 is 19.4 Å². The van der Waals surface area contributed by atoms with Gasteiger partial charge in [-0.3, -0.25) is 0 Å². The predicted molar refractivity (Wildman–Crippen MR) is 86.1 cm³/mol.